The molecule has 0 aliphatic carbocycles. The predicted molar refractivity (Wildman–Crippen MR) is 79.7 cm³/mol. The van der Waals surface area contributed by atoms with Crippen LogP contribution in [-0.4, -0.2) is 52.7 Å². The number of fused-ring (bicyclic) bond motifs is 1. The number of hydrogen-bond acceptors (Lipinski definition) is 4. The topological polar surface area (TPSA) is 41.8 Å². The molecule has 1 N–H and O–H groups in total. The number of nitrogens with zero attached hydrogens (tertiary/aromatic N) is 3. The maximum atomic E-state index is 5.92. The van der Waals surface area contributed by atoms with Gasteiger partial charge in [0.05, 0.1) is 18.5 Å². The lowest BCUT2D eigenvalue weighted by Gasteiger charge is -2.48. The van der Waals surface area contributed by atoms with Gasteiger partial charge in [0.1, 0.15) is 11.2 Å². The molecule has 2 aromatic heterocycles. The Morgan fingerprint density at radius 3 is 3.10 bits per heavy atom. The van der Waals surface area contributed by atoms with Crippen LogP contribution in [0.5, 0.6) is 0 Å². The van der Waals surface area contributed by atoms with Crippen molar-refractivity contribution in [2.24, 2.45) is 0 Å². The summed E-state index contributed by atoms with van der Waals surface area (Å²) in [6.45, 7) is 5.68. The molecule has 1 spiro atoms. The number of pyridine rings is 1. The summed E-state index contributed by atoms with van der Waals surface area (Å²) in [6.07, 6.45) is 4.06. The van der Waals surface area contributed by atoms with Crippen molar-refractivity contribution in [1.29, 1.82) is 0 Å². The van der Waals surface area contributed by atoms with E-state index in [9.17, 15) is 0 Å². The Morgan fingerprint density at radius 2 is 2.30 bits per heavy atom. The summed E-state index contributed by atoms with van der Waals surface area (Å²) < 4.78 is 9.16. The summed E-state index contributed by atoms with van der Waals surface area (Å²) in [5, 5.41) is 3.31. The smallest absolute Gasteiger partial charge is 0.136 e. The SMILES string of the molecule is Brc1ccc2ncc(CN3CCOC4(CNC4)C3)n2c1. The number of morpholine rings is 1. The molecule has 5 nitrogen and oxygen atoms in total. The maximum Gasteiger partial charge on any atom is 0.136 e. The first-order chi connectivity index (χ1) is 9.74. The maximum absolute atomic E-state index is 5.92. The van der Waals surface area contributed by atoms with Crippen LogP contribution in [0.25, 0.3) is 5.65 Å². The minimum Gasteiger partial charge on any atom is -0.370 e. The summed E-state index contributed by atoms with van der Waals surface area (Å²) in [4.78, 5) is 6.93. The summed E-state index contributed by atoms with van der Waals surface area (Å²) in [5.74, 6) is 0. The monoisotopic (exact) mass is 336 g/mol. The summed E-state index contributed by atoms with van der Waals surface area (Å²) >= 11 is 3.52. The zero-order valence-electron chi connectivity index (χ0n) is 11.2. The molecule has 0 unspecified atom stereocenters. The average molecular weight is 337 g/mol. The van der Waals surface area contributed by atoms with E-state index in [0.717, 1.165) is 49.5 Å². The third-order valence-electron chi connectivity index (χ3n) is 4.15. The molecule has 0 atom stereocenters. The van der Waals surface area contributed by atoms with E-state index in [-0.39, 0.29) is 5.60 Å². The van der Waals surface area contributed by atoms with E-state index in [1.165, 1.54) is 5.69 Å². The van der Waals surface area contributed by atoms with E-state index in [4.69, 9.17) is 4.74 Å². The van der Waals surface area contributed by atoms with Gasteiger partial charge < -0.3 is 14.5 Å². The third kappa shape index (κ3) is 2.16. The lowest BCUT2D eigenvalue weighted by molar-refractivity contribution is -0.137. The minimum absolute atomic E-state index is 0.0549. The largest absolute Gasteiger partial charge is 0.370 e. The van der Waals surface area contributed by atoms with Crippen LogP contribution in [0.3, 0.4) is 0 Å². The van der Waals surface area contributed by atoms with Gasteiger partial charge in [0.2, 0.25) is 0 Å². The van der Waals surface area contributed by atoms with Crippen LogP contribution in [0, 0.1) is 0 Å². The molecule has 4 rings (SSSR count). The molecular formula is C14H17BrN4O. The highest BCUT2D eigenvalue weighted by molar-refractivity contribution is 9.10. The number of ether oxygens (including phenoxy) is 1. The van der Waals surface area contributed by atoms with E-state index in [0.29, 0.717) is 0 Å². The summed E-state index contributed by atoms with van der Waals surface area (Å²) in [7, 11) is 0. The highest BCUT2D eigenvalue weighted by atomic mass is 79.9. The van der Waals surface area contributed by atoms with Crippen LogP contribution in [0.15, 0.2) is 29.0 Å². The number of hydrogen-bond donors (Lipinski definition) is 1. The third-order valence-corrected chi connectivity index (χ3v) is 4.62. The lowest BCUT2D eigenvalue weighted by atomic mass is 9.94. The Balaban J connectivity index is 1.56. The first kappa shape index (κ1) is 12.8. The van der Waals surface area contributed by atoms with E-state index in [1.54, 1.807) is 0 Å². The molecular weight excluding hydrogens is 320 g/mol. The van der Waals surface area contributed by atoms with Gasteiger partial charge in [0.25, 0.3) is 0 Å². The van der Waals surface area contributed by atoms with Crippen LogP contribution in [0.1, 0.15) is 5.69 Å². The number of imidazole rings is 1. The first-order valence-electron chi connectivity index (χ1n) is 6.93. The van der Waals surface area contributed by atoms with Gasteiger partial charge in [-0.1, -0.05) is 0 Å². The van der Waals surface area contributed by atoms with Gasteiger partial charge in [0.15, 0.2) is 0 Å². The molecule has 106 valence electrons. The molecule has 20 heavy (non-hydrogen) atoms. The van der Waals surface area contributed by atoms with Gasteiger partial charge >= 0.3 is 0 Å². The summed E-state index contributed by atoms with van der Waals surface area (Å²) in [5.41, 5.74) is 2.28. The molecule has 2 fully saturated rings. The Bertz CT molecular complexity index is 637. The Hall–Kier alpha value is -0.950. The fraction of sp³-hybridized carbons (Fsp3) is 0.500. The van der Waals surface area contributed by atoms with Gasteiger partial charge in [-0.25, -0.2) is 4.98 Å². The van der Waals surface area contributed by atoms with Gasteiger partial charge in [0, 0.05) is 43.4 Å². The van der Waals surface area contributed by atoms with Crippen molar-refractivity contribution in [3.05, 3.63) is 34.7 Å². The summed E-state index contributed by atoms with van der Waals surface area (Å²) in [6, 6.07) is 4.06. The lowest BCUT2D eigenvalue weighted by Crippen LogP contribution is -2.68. The highest BCUT2D eigenvalue weighted by Gasteiger charge is 2.42. The second kappa shape index (κ2) is 4.80. The molecule has 0 amide bonds. The molecule has 4 heterocycles. The molecule has 6 heteroatoms. The normalized spacial score (nSPS) is 22.2. The number of halogens is 1. The van der Waals surface area contributed by atoms with Crippen molar-refractivity contribution in [2.45, 2.75) is 12.1 Å². The van der Waals surface area contributed by atoms with E-state index in [1.807, 2.05) is 18.3 Å². The van der Waals surface area contributed by atoms with Gasteiger partial charge in [-0.3, -0.25) is 4.90 Å². The Kier molecular flexibility index (Phi) is 3.07. The zero-order valence-corrected chi connectivity index (χ0v) is 12.8. The number of aromatic nitrogens is 2. The second-order valence-electron chi connectivity index (χ2n) is 5.67. The zero-order chi connectivity index (χ0) is 13.6. The van der Waals surface area contributed by atoms with Crippen molar-refractivity contribution in [3.63, 3.8) is 0 Å². The van der Waals surface area contributed by atoms with Gasteiger partial charge in [-0.2, -0.15) is 0 Å². The fourth-order valence-corrected chi connectivity index (χ4v) is 3.36. The fourth-order valence-electron chi connectivity index (χ4n) is 3.03. The van der Waals surface area contributed by atoms with Crippen LogP contribution in [-0.2, 0) is 11.3 Å². The van der Waals surface area contributed by atoms with Crippen molar-refractivity contribution < 1.29 is 4.74 Å². The molecule has 0 aromatic carbocycles. The molecule has 0 saturated carbocycles. The molecule has 2 aliphatic heterocycles. The standard InChI is InChI=1S/C14H17BrN4O/c15-11-1-2-13-17-5-12(19(13)6-11)7-18-3-4-20-14(10-18)8-16-9-14/h1-2,5-6,16H,3-4,7-10H2. The van der Waals surface area contributed by atoms with Crippen LogP contribution >= 0.6 is 15.9 Å². The van der Waals surface area contributed by atoms with E-state index < -0.39 is 0 Å². The Labute approximate surface area is 126 Å². The molecule has 0 bridgehead atoms. The van der Waals surface area contributed by atoms with E-state index >= 15 is 0 Å². The average Bonchev–Trinajstić information content (AvgIpc) is 2.80. The van der Waals surface area contributed by atoms with Crippen LogP contribution in [0.2, 0.25) is 0 Å². The van der Waals surface area contributed by atoms with Crippen LogP contribution < -0.4 is 5.32 Å². The number of rotatable bonds is 2. The highest BCUT2D eigenvalue weighted by Crippen LogP contribution is 2.24. The second-order valence-corrected chi connectivity index (χ2v) is 6.59. The van der Waals surface area contributed by atoms with Crippen molar-refractivity contribution in [1.82, 2.24) is 19.6 Å². The van der Waals surface area contributed by atoms with Gasteiger partial charge in [-0.15, -0.1) is 0 Å². The molecule has 2 aromatic rings. The quantitative estimate of drug-likeness (QED) is 0.896. The predicted octanol–water partition coefficient (Wildman–Crippen LogP) is 1.27. The Morgan fingerprint density at radius 1 is 1.40 bits per heavy atom. The molecule has 0 radical (unpaired) electrons. The van der Waals surface area contributed by atoms with Crippen molar-refractivity contribution in [2.75, 3.05) is 32.8 Å². The number of nitrogens with one attached hydrogen (secondary N) is 1. The van der Waals surface area contributed by atoms with Crippen LogP contribution in [0.4, 0.5) is 0 Å². The van der Waals surface area contributed by atoms with Crippen molar-refractivity contribution in [3.8, 4) is 0 Å². The molecule has 2 aliphatic rings. The first-order valence-corrected chi connectivity index (χ1v) is 7.72. The van der Waals surface area contributed by atoms with E-state index in [2.05, 4.69) is 41.7 Å². The minimum atomic E-state index is 0.0549. The van der Waals surface area contributed by atoms with Gasteiger partial charge in [-0.05, 0) is 28.1 Å². The van der Waals surface area contributed by atoms with Crippen molar-refractivity contribution >= 4 is 21.6 Å². The molecule has 2 saturated heterocycles.